The average Bonchev–Trinajstić information content (AvgIpc) is 2.84. The molecular weight excluding hydrogens is 509 g/mol. The Hall–Kier alpha value is -4.25. The third kappa shape index (κ3) is 5.95. The molecule has 0 aliphatic carbocycles. The fraction of sp³-hybridized carbons (Fsp3) is 0.115. The number of hydrogen-bond acceptors (Lipinski definition) is 5. The summed E-state index contributed by atoms with van der Waals surface area (Å²) in [4.78, 5) is 11.7. The summed E-state index contributed by atoms with van der Waals surface area (Å²) in [6.45, 7) is 0.195. The van der Waals surface area contributed by atoms with Crippen LogP contribution in [0.2, 0.25) is 0 Å². The first kappa shape index (κ1) is 25.8. The predicted octanol–water partition coefficient (Wildman–Crippen LogP) is 5.04. The highest BCUT2D eigenvalue weighted by molar-refractivity contribution is 7.92. The Labute approximate surface area is 210 Å². The van der Waals surface area contributed by atoms with Crippen molar-refractivity contribution in [1.29, 1.82) is 0 Å². The van der Waals surface area contributed by atoms with Crippen LogP contribution in [0.3, 0.4) is 0 Å². The molecule has 4 N–H and O–H groups in total. The van der Waals surface area contributed by atoms with E-state index in [0.29, 0.717) is 23.3 Å². The number of anilines is 1. The van der Waals surface area contributed by atoms with Gasteiger partial charge in [-0.15, -0.1) is 0 Å². The van der Waals surface area contributed by atoms with Crippen LogP contribution >= 0.6 is 0 Å². The highest BCUT2D eigenvalue weighted by atomic mass is 32.2. The number of aromatic hydroxyl groups is 2. The third-order valence-corrected chi connectivity index (χ3v) is 7.01. The van der Waals surface area contributed by atoms with Gasteiger partial charge in [0, 0.05) is 12.2 Å². The maximum atomic E-state index is 13.2. The molecule has 0 fully saturated rings. The number of benzene rings is 4. The van der Waals surface area contributed by atoms with Crippen LogP contribution in [-0.4, -0.2) is 31.1 Å². The summed E-state index contributed by atoms with van der Waals surface area (Å²) in [5.74, 6) is -0.699. The summed E-state index contributed by atoms with van der Waals surface area (Å²) in [5, 5.41) is 23.7. The Balaban J connectivity index is 1.39. The van der Waals surface area contributed by atoms with Crippen LogP contribution in [0, 0.1) is 0 Å². The van der Waals surface area contributed by atoms with Crippen molar-refractivity contribution in [3.05, 3.63) is 95.6 Å². The Morgan fingerprint density at radius 1 is 0.865 bits per heavy atom. The number of alkyl halides is 3. The molecule has 0 radical (unpaired) electrons. The molecular formula is C26H21F3N2O5S. The molecule has 0 aliphatic heterocycles. The Morgan fingerprint density at radius 2 is 1.57 bits per heavy atom. The van der Waals surface area contributed by atoms with E-state index in [1.165, 1.54) is 42.5 Å². The van der Waals surface area contributed by atoms with Crippen molar-refractivity contribution in [3.8, 4) is 11.5 Å². The number of rotatable bonds is 7. The second-order valence-corrected chi connectivity index (χ2v) is 9.85. The normalized spacial score (nSPS) is 11.9. The minimum absolute atomic E-state index is 0.0276. The number of phenolic OH excluding ortho intramolecular Hbond substituents is 2. The largest absolute Gasteiger partial charge is 0.508 e. The van der Waals surface area contributed by atoms with Crippen molar-refractivity contribution >= 4 is 32.4 Å². The van der Waals surface area contributed by atoms with Gasteiger partial charge >= 0.3 is 6.18 Å². The lowest BCUT2D eigenvalue weighted by molar-refractivity contribution is -0.139. The van der Waals surface area contributed by atoms with E-state index < -0.39 is 32.6 Å². The highest BCUT2D eigenvalue weighted by Crippen LogP contribution is 2.34. The molecule has 0 aliphatic rings. The van der Waals surface area contributed by atoms with Gasteiger partial charge < -0.3 is 15.5 Å². The lowest BCUT2D eigenvalue weighted by Gasteiger charge is -2.14. The van der Waals surface area contributed by atoms with Crippen molar-refractivity contribution in [2.24, 2.45) is 0 Å². The molecule has 7 nitrogen and oxygen atoms in total. The first-order valence-electron chi connectivity index (χ1n) is 11.0. The lowest BCUT2D eigenvalue weighted by atomic mass is 10.0. The summed E-state index contributed by atoms with van der Waals surface area (Å²) >= 11 is 0. The average molecular weight is 531 g/mol. The van der Waals surface area contributed by atoms with Crippen LogP contribution in [0.4, 0.5) is 18.9 Å². The molecule has 0 atom stereocenters. The zero-order chi connectivity index (χ0) is 26.8. The molecule has 0 heterocycles. The fourth-order valence-electron chi connectivity index (χ4n) is 3.76. The molecule has 1 amide bonds. The smallest absolute Gasteiger partial charge is 0.417 e. The van der Waals surface area contributed by atoms with E-state index in [4.69, 9.17) is 0 Å². The van der Waals surface area contributed by atoms with Gasteiger partial charge in [-0.05, 0) is 71.3 Å². The van der Waals surface area contributed by atoms with Crippen LogP contribution in [0.15, 0.2) is 83.8 Å². The molecule has 4 aromatic rings. The van der Waals surface area contributed by atoms with Crippen LogP contribution in [-0.2, 0) is 22.6 Å². The SMILES string of the molecule is O=C(NCCc1ccc(NS(=O)(=O)c2ccccc2C(F)(F)F)cc1)c1cc2cc(O)ccc2cc1O. The summed E-state index contributed by atoms with van der Waals surface area (Å²) < 4.78 is 66.9. The van der Waals surface area contributed by atoms with Crippen molar-refractivity contribution in [2.45, 2.75) is 17.5 Å². The van der Waals surface area contributed by atoms with Gasteiger partial charge in [0.1, 0.15) is 11.5 Å². The van der Waals surface area contributed by atoms with Crippen LogP contribution < -0.4 is 10.0 Å². The minimum Gasteiger partial charge on any atom is -0.508 e. The minimum atomic E-state index is -4.83. The lowest BCUT2D eigenvalue weighted by Crippen LogP contribution is -2.25. The van der Waals surface area contributed by atoms with Gasteiger partial charge in [-0.25, -0.2) is 8.42 Å². The molecule has 4 aromatic carbocycles. The molecule has 0 unspecified atom stereocenters. The van der Waals surface area contributed by atoms with E-state index in [1.54, 1.807) is 18.2 Å². The first-order chi connectivity index (χ1) is 17.4. The van der Waals surface area contributed by atoms with E-state index >= 15 is 0 Å². The van der Waals surface area contributed by atoms with E-state index in [9.17, 15) is 36.6 Å². The zero-order valence-corrected chi connectivity index (χ0v) is 19.9. The molecule has 37 heavy (non-hydrogen) atoms. The molecule has 0 saturated carbocycles. The number of hydrogen-bond donors (Lipinski definition) is 4. The summed E-state index contributed by atoms with van der Waals surface area (Å²) in [7, 11) is -4.49. The molecule has 4 rings (SSSR count). The van der Waals surface area contributed by atoms with Crippen LogP contribution in [0.25, 0.3) is 10.8 Å². The Bertz CT molecular complexity index is 1570. The van der Waals surface area contributed by atoms with Crippen molar-refractivity contribution in [1.82, 2.24) is 5.32 Å². The van der Waals surface area contributed by atoms with Gasteiger partial charge in [-0.1, -0.05) is 30.3 Å². The van der Waals surface area contributed by atoms with E-state index in [0.717, 1.165) is 17.7 Å². The number of fused-ring (bicyclic) bond motifs is 1. The number of phenols is 2. The molecule has 192 valence electrons. The number of carbonyl (C=O) groups is 1. The summed E-state index contributed by atoms with van der Waals surface area (Å²) in [6, 6.07) is 17.3. The van der Waals surface area contributed by atoms with Gasteiger partial charge in [0.15, 0.2) is 0 Å². The summed E-state index contributed by atoms with van der Waals surface area (Å²) in [5.41, 5.74) is -0.410. The Kier molecular flexibility index (Phi) is 6.99. The Morgan fingerprint density at radius 3 is 2.27 bits per heavy atom. The molecule has 11 heteroatoms. The maximum absolute atomic E-state index is 13.2. The standard InChI is InChI=1S/C26H21F3N2O5S/c27-26(28,29)22-3-1-2-4-24(22)37(35,36)31-19-8-5-16(6-9-19)11-12-30-25(34)21-14-18-13-20(32)10-7-17(18)15-23(21)33/h1-10,13-15,31-33H,11-12H2,(H,30,34). The van der Waals surface area contributed by atoms with Crippen molar-refractivity contribution < 1.29 is 36.6 Å². The third-order valence-electron chi connectivity index (χ3n) is 5.57. The van der Waals surface area contributed by atoms with E-state index in [1.807, 2.05) is 0 Å². The van der Waals surface area contributed by atoms with E-state index in [2.05, 4.69) is 10.0 Å². The first-order valence-corrected chi connectivity index (χ1v) is 12.4. The van der Waals surface area contributed by atoms with Crippen molar-refractivity contribution in [3.63, 3.8) is 0 Å². The van der Waals surface area contributed by atoms with Crippen molar-refractivity contribution in [2.75, 3.05) is 11.3 Å². The maximum Gasteiger partial charge on any atom is 0.417 e. The number of halogens is 3. The zero-order valence-electron chi connectivity index (χ0n) is 19.1. The van der Waals surface area contributed by atoms with Crippen LogP contribution in [0.1, 0.15) is 21.5 Å². The molecule has 0 saturated heterocycles. The van der Waals surface area contributed by atoms with Gasteiger partial charge in [0.25, 0.3) is 15.9 Å². The molecule has 0 spiro atoms. The fourth-order valence-corrected chi connectivity index (χ4v) is 5.04. The number of carbonyl (C=O) groups excluding carboxylic acids is 1. The van der Waals surface area contributed by atoms with Gasteiger partial charge in [0.2, 0.25) is 0 Å². The highest BCUT2D eigenvalue weighted by Gasteiger charge is 2.36. The predicted molar refractivity (Wildman–Crippen MR) is 132 cm³/mol. The monoisotopic (exact) mass is 530 g/mol. The summed E-state index contributed by atoms with van der Waals surface area (Å²) in [6.07, 6.45) is -4.46. The topological polar surface area (TPSA) is 116 Å². The quantitative estimate of drug-likeness (QED) is 0.267. The number of nitrogens with one attached hydrogen (secondary N) is 2. The van der Waals surface area contributed by atoms with Gasteiger partial charge in [-0.2, -0.15) is 13.2 Å². The van der Waals surface area contributed by atoms with Crippen LogP contribution in [0.5, 0.6) is 11.5 Å². The second kappa shape index (κ2) is 10.0. The number of amides is 1. The molecule has 0 bridgehead atoms. The second-order valence-electron chi connectivity index (χ2n) is 8.20. The van der Waals surface area contributed by atoms with Gasteiger partial charge in [0.05, 0.1) is 16.0 Å². The van der Waals surface area contributed by atoms with Gasteiger partial charge in [-0.3, -0.25) is 9.52 Å². The van der Waals surface area contributed by atoms with E-state index in [-0.39, 0.29) is 29.3 Å². The number of sulfonamides is 1. The molecule has 0 aromatic heterocycles.